The highest BCUT2D eigenvalue weighted by atomic mass is 19.1. The first-order valence-electron chi connectivity index (χ1n) is 10.5. The van der Waals surface area contributed by atoms with Crippen LogP contribution in [0.4, 0.5) is 4.39 Å². The highest BCUT2D eigenvalue weighted by Crippen LogP contribution is 2.37. The molecule has 3 aromatic rings. The van der Waals surface area contributed by atoms with Crippen molar-refractivity contribution >= 4 is 28.3 Å². The molecule has 0 bridgehead atoms. The van der Waals surface area contributed by atoms with E-state index < -0.39 is 5.82 Å². The van der Waals surface area contributed by atoms with Crippen molar-refractivity contribution in [1.29, 1.82) is 0 Å². The quantitative estimate of drug-likeness (QED) is 0.664. The van der Waals surface area contributed by atoms with Gasteiger partial charge in [-0.25, -0.2) is 4.39 Å². The van der Waals surface area contributed by atoms with Crippen LogP contribution in [0.15, 0.2) is 42.5 Å². The Kier molecular flexibility index (Phi) is 5.74. The van der Waals surface area contributed by atoms with Crippen LogP contribution in [0.25, 0.3) is 27.6 Å². The predicted octanol–water partition coefficient (Wildman–Crippen LogP) is 4.32. The number of nitrogens with one attached hydrogen (secondary N) is 1. The first-order chi connectivity index (χ1) is 15.3. The Morgan fingerprint density at radius 3 is 2.62 bits per heavy atom. The first-order valence-corrected chi connectivity index (χ1v) is 10.5. The fraction of sp³-hybridized carbons (Fsp3) is 0.280. The third kappa shape index (κ3) is 3.86. The van der Waals surface area contributed by atoms with Gasteiger partial charge in [0.25, 0.3) is 5.91 Å². The molecule has 0 saturated carbocycles. The minimum absolute atomic E-state index is 0.0381. The van der Waals surface area contributed by atoms with Gasteiger partial charge in [0, 0.05) is 45.1 Å². The summed E-state index contributed by atoms with van der Waals surface area (Å²) >= 11 is 0. The normalized spacial score (nSPS) is 13.8. The number of fused-ring (bicyclic) bond motifs is 1. The average molecular weight is 435 g/mol. The van der Waals surface area contributed by atoms with Crippen LogP contribution in [-0.2, 0) is 4.79 Å². The molecule has 0 radical (unpaired) electrons. The zero-order valence-electron chi connectivity index (χ0n) is 18.7. The lowest BCUT2D eigenvalue weighted by atomic mass is 9.93. The van der Waals surface area contributed by atoms with Gasteiger partial charge >= 0.3 is 0 Å². The highest BCUT2D eigenvalue weighted by molar-refractivity contribution is 6.04. The third-order valence-corrected chi connectivity index (χ3v) is 5.81. The zero-order chi connectivity index (χ0) is 23.0. The molecule has 4 rings (SSSR count). The Labute approximate surface area is 186 Å². The minimum atomic E-state index is -0.430. The van der Waals surface area contributed by atoms with Gasteiger partial charge in [-0.15, -0.1) is 0 Å². The maximum atomic E-state index is 15.8. The van der Waals surface area contributed by atoms with Crippen LogP contribution in [0.1, 0.15) is 29.4 Å². The monoisotopic (exact) mass is 435 g/mol. The van der Waals surface area contributed by atoms with E-state index >= 15 is 4.39 Å². The molecule has 7 heteroatoms. The maximum absolute atomic E-state index is 15.8. The number of aromatic amines is 1. The molecule has 0 spiro atoms. The molecule has 0 atom stereocenters. The van der Waals surface area contributed by atoms with E-state index in [1.165, 1.54) is 11.8 Å². The molecule has 1 N–H and O–H groups in total. The van der Waals surface area contributed by atoms with Crippen molar-refractivity contribution in [1.82, 2.24) is 14.8 Å². The molecule has 0 fully saturated rings. The molecular formula is C25H26FN3O3. The van der Waals surface area contributed by atoms with E-state index in [0.717, 1.165) is 16.7 Å². The van der Waals surface area contributed by atoms with E-state index in [-0.39, 0.29) is 17.3 Å². The van der Waals surface area contributed by atoms with Crippen molar-refractivity contribution in [2.75, 3.05) is 34.3 Å². The number of H-pyrrole nitrogens is 1. The van der Waals surface area contributed by atoms with Gasteiger partial charge in [0.2, 0.25) is 5.91 Å². The summed E-state index contributed by atoms with van der Waals surface area (Å²) in [5, 5.41) is 0.615. The van der Waals surface area contributed by atoms with Crippen molar-refractivity contribution in [3.05, 3.63) is 59.5 Å². The second-order valence-electron chi connectivity index (χ2n) is 8.15. The first kappa shape index (κ1) is 21.6. The topological polar surface area (TPSA) is 65.6 Å². The lowest BCUT2D eigenvalue weighted by Gasteiger charge is -2.27. The number of aromatic nitrogens is 1. The van der Waals surface area contributed by atoms with E-state index in [4.69, 9.17) is 4.74 Å². The summed E-state index contributed by atoms with van der Waals surface area (Å²) in [5.74, 6) is -0.0235. The number of rotatable bonds is 4. The van der Waals surface area contributed by atoms with E-state index in [9.17, 15) is 9.59 Å². The second-order valence-corrected chi connectivity index (χ2v) is 8.15. The van der Waals surface area contributed by atoms with Gasteiger partial charge in [-0.2, -0.15) is 0 Å². The number of carbonyl (C=O) groups is 2. The Hall–Kier alpha value is -3.61. The van der Waals surface area contributed by atoms with Crippen molar-refractivity contribution < 1.29 is 18.7 Å². The molecule has 2 heterocycles. The van der Waals surface area contributed by atoms with Crippen molar-refractivity contribution in [3.8, 4) is 16.9 Å². The summed E-state index contributed by atoms with van der Waals surface area (Å²) < 4.78 is 21.2. The molecule has 1 aliphatic heterocycles. The SMILES string of the molecule is COc1cccc(-c2cc(C3=CCCN(C(C)=O)C3)c(F)c3[nH]c(C(=O)N(C)C)cc23)c1. The number of halogens is 1. The van der Waals surface area contributed by atoms with Crippen LogP contribution >= 0.6 is 0 Å². The third-order valence-electron chi connectivity index (χ3n) is 5.81. The van der Waals surface area contributed by atoms with E-state index in [0.29, 0.717) is 41.9 Å². The summed E-state index contributed by atoms with van der Waals surface area (Å²) in [6.45, 7) is 2.49. The number of carbonyl (C=O) groups excluding carboxylic acids is 2. The van der Waals surface area contributed by atoms with Gasteiger partial charge in [0.15, 0.2) is 5.82 Å². The van der Waals surface area contributed by atoms with E-state index in [2.05, 4.69) is 4.98 Å². The van der Waals surface area contributed by atoms with E-state index in [1.54, 1.807) is 38.2 Å². The molecule has 2 amide bonds. The smallest absolute Gasteiger partial charge is 0.269 e. The van der Waals surface area contributed by atoms with E-state index in [1.807, 2.05) is 30.3 Å². The molecule has 0 aliphatic carbocycles. The predicted molar refractivity (Wildman–Crippen MR) is 123 cm³/mol. The molecule has 1 aliphatic rings. The Morgan fingerprint density at radius 2 is 1.94 bits per heavy atom. The Bertz CT molecular complexity index is 1240. The summed E-state index contributed by atoms with van der Waals surface area (Å²) in [7, 11) is 4.90. The van der Waals surface area contributed by atoms with Crippen molar-refractivity contribution in [2.45, 2.75) is 13.3 Å². The minimum Gasteiger partial charge on any atom is -0.497 e. The zero-order valence-corrected chi connectivity index (χ0v) is 18.7. The van der Waals surface area contributed by atoms with Crippen LogP contribution in [-0.4, -0.2) is 60.9 Å². The van der Waals surface area contributed by atoms with Gasteiger partial charge < -0.3 is 19.5 Å². The summed E-state index contributed by atoms with van der Waals surface area (Å²) in [6, 6.07) is 11.0. The fourth-order valence-corrected chi connectivity index (χ4v) is 4.09. The molecule has 166 valence electrons. The number of methoxy groups -OCH3 is 1. The molecule has 1 aromatic heterocycles. The maximum Gasteiger partial charge on any atom is 0.269 e. The standard InChI is InChI=1S/C25H26FN3O3/c1-15(30)29-10-6-8-17(14-29)20-12-19(16-7-5-9-18(11-16)32-4)21-13-22(25(31)28(2)3)27-24(21)23(20)26/h5,7-9,11-13,27H,6,10,14H2,1-4H3. The van der Waals surface area contributed by atoms with Crippen LogP contribution < -0.4 is 4.74 Å². The van der Waals surface area contributed by atoms with Gasteiger partial charge in [-0.3, -0.25) is 9.59 Å². The van der Waals surface area contributed by atoms with Crippen molar-refractivity contribution in [3.63, 3.8) is 0 Å². The van der Waals surface area contributed by atoms with Crippen LogP contribution in [0.5, 0.6) is 5.75 Å². The number of amides is 2. The van der Waals surface area contributed by atoms with Gasteiger partial charge in [0.1, 0.15) is 11.4 Å². The Morgan fingerprint density at radius 1 is 1.16 bits per heavy atom. The van der Waals surface area contributed by atoms with Crippen LogP contribution in [0.2, 0.25) is 0 Å². The van der Waals surface area contributed by atoms with Gasteiger partial charge in [0.05, 0.1) is 12.6 Å². The highest BCUT2D eigenvalue weighted by Gasteiger charge is 2.24. The molecular weight excluding hydrogens is 409 g/mol. The lowest BCUT2D eigenvalue weighted by Crippen LogP contribution is -2.33. The lowest BCUT2D eigenvalue weighted by molar-refractivity contribution is -0.128. The number of hydrogen-bond donors (Lipinski definition) is 1. The molecule has 6 nitrogen and oxygen atoms in total. The summed E-state index contributed by atoms with van der Waals surface area (Å²) in [5.41, 5.74) is 3.39. The molecule has 0 unspecified atom stereocenters. The Balaban J connectivity index is 1.95. The summed E-state index contributed by atoms with van der Waals surface area (Å²) in [4.78, 5) is 30.6. The van der Waals surface area contributed by atoms with Crippen LogP contribution in [0, 0.1) is 5.82 Å². The summed E-state index contributed by atoms with van der Waals surface area (Å²) in [6.07, 6.45) is 2.64. The van der Waals surface area contributed by atoms with Gasteiger partial charge in [-0.05, 0) is 47.4 Å². The average Bonchev–Trinajstić information content (AvgIpc) is 3.24. The van der Waals surface area contributed by atoms with Gasteiger partial charge in [-0.1, -0.05) is 18.2 Å². The molecule has 0 saturated heterocycles. The van der Waals surface area contributed by atoms with Crippen LogP contribution in [0.3, 0.4) is 0 Å². The molecule has 32 heavy (non-hydrogen) atoms. The number of hydrogen-bond acceptors (Lipinski definition) is 3. The fourth-order valence-electron chi connectivity index (χ4n) is 4.09. The number of benzene rings is 2. The second kappa shape index (κ2) is 8.49. The number of nitrogens with zero attached hydrogens (tertiary/aromatic N) is 2. The largest absolute Gasteiger partial charge is 0.497 e. The number of ether oxygens (including phenoxy) is 1. The molecule has 2 aromatic carbocycles. The van der Waals surface area contributed by atoms with Crippen molar-refractivity contribution in [2.24, 2.45) is 0 Å².